The second kappa shape index (κ2) is 8.85. The number of piperazine rings is 1. The van der Waals surface area contributed by atoms with Gasteiger partial charge in [0.1, 0.15) is 11.6 Å². The molecule has 0 N–H and O–H groups in total. The minimum absolute atomic E-state index is 0.0269. The number of ether oxygens (including phenoxy) is 1. The Morgan fingerprint density at radius 2 is 1.79 bits per heavy atom. The van der Waals surface area contributed by atoms with Crippen molar-refractivity contribution >= 4 is 5.91 Å². The molecule has 3 rings (SSSR count). The molecule has 2 atom stereocenters. The second-order valence-corrected chi connectivity index (χ2v) is 7.22. The molecule has 5 nitrogen and oxygen atoms in total. The highest BCUT2D eigenvalue weighted by Gasteiger charge is 2.32. The molecular weight excluding hydrogens is 357 g/mol. The summed E-state index contributed by atoms with van der Waals surface area (Å²) in [5, 5.41) is 8.83. The van der Waals surface area contributed by atoms with Crippen molar-refractivity contribution in [3.8, 4) is 11.8 Å². The van der Waals surface area contributed by atoms with Crippen LogP contribution in [0.2, 0.25) is 0 Å². The number of hydrogen-bond acceptors (Lipinski definition) is 4. The third-order valence-corrected chi connectivity index (χ3v) is 5.08. The Labute approximate surface area is 164 Å². The van der Waals surface area contributed by atoms with E-state index in [0.29, 0.717) is 17.9 Å². The van der Waals surface area contributed by atoms with Gasteiger partial charge in [-0.15, -0.1) is 0 Å². The van der Waals surface area contributed by atoms with Gasteiger partial charge in [-0.2, -0.15) is 5.26 Å². The minimum Gasteiger partial charge on any atom is -0.484 e. The highest BCUT2D eigenvalue weighted by Crippen LogP contribution is 2.19. The first-order chi connectivity index (χ1) is 13.5. The molecule has 6 heteroatoms. The van der Waals surface area contributed by atoms with Crippen LogP contribution in [0.1, 0.15) is 25.0 Å². The van der Waals surface area contributed by atoms with E-state index in [-0.39, 0.29) is 30.4 Å². The van der Waals surface area contributed by atoms with Gasteiger partial charge in [0.25, 0.3) is 5.91 Å². The van der Waals surface area contributed by atoms with Crippen molar-refractivity contribution in [3.05, 3.63) is 65.5 Å². The maximum absolute atomic E-state index is 13.1. The maximum Gasteiger partial charge on any atom is 0.260 e. The summed E-state index contributed by atoms with van der Waals surface area (Å²) in [5.41, 5.74) is 1.61. The number of benzene rings is 2. The van der Waals surface area contributed by atoms with Crippen LogP contribution in [-0.2, 0) is 11.3 Å². The molecule has 146 valence electrons. The number of hydrogen-bond donors (Lipinski definition) is 0. The largest absolute Gasteiger partial charge is 0.484 e. The van der Waals surface area contributed by atoms with E-state index in [0.717, 1.165) is 18.7 Å². The van der Waals surface area contributed by atoms with E-state index in [1.54, 1.807) is 36.4 Å². The molecule has 28 heavy (non-hydrogen) atoms. The molecule has 1 amide bonds. The average molecular weight is 381 g/mol. The van der Waals surface area contributed by atoms with E-state index in [2.05, 4.69) is 17.9 Å². The molecule has 0 radical (unpaired) electrons. The predicted molar refractivity (Wildman–Crippen MR) is 104 cm³/mol. The summed E-state index contributed by atoms with van der Waals surface area (Å²) in [7, 11) is 0. The standard InChI is InChI=1S/C22H24FN3O2/c1-16-13-26(22(27)15-28-21-9-5-18(11-24)6-10-21)17(2)12-25(16)14-19-3-7-20(23)8-4-19/h3-10,16-17H,12-15H2,1-2H3/t16-,17+/m1/s1. The Bertz CT molecular complexity index is 846. The Kier molecular flexibility index (Phi) is 6.27. The molecule has 0 bridgehead atoms. The number of carbonyl (C=O) groups is 1. The van der Waals surface area contributed by atoms with E-state index < -0.39 is 0 Å². The summed E-state index contributed by atoms with van der Waals surface area (Å²) in [6.07, 6.45) is 0. The van der Waals surface area contributed by atoms with Gasteiger partial charge in [0, 0.05) is 31.7 Å². The lowest BCUT2D eigenvalue weighted by Crippen LogP contribution is -2.58. The average Bonchev–Trinajstić information content (AvgIpc) is 2.70. The molecular formula is C22H24FN3O2. The van der Waals surface area contributed by atoms with Crippen LogP contribution >= 0.6 is 0 Å². The number of nitriles is 1. The topological polar surface area (TPSA) is 56.6 Å². The fraction of sp³-hybridized carbons (Fsp3) is 0.364. The molecule has 1 aliphatic rings. The fourth-order valence-electron chi connectivity index (χ4n) is 3.44. The number of nitrogens with zero attached hydrogens (tertiary/aromatic N) is 3. The van der Waals surface area contributed by atoms with E-state index >= 15 is 0 Å². The Morgan fingerprint density at radius 3 is 2.43 bits per heavy atom. The monoisotopic (exact) mass is 381 g/mol. The van der Waals surface area contributed by atoms with Gasteiger partial charge in [-0.3, -0.25) is 9.69 Å². The van der Waals surface area contributed by atoms with Crippen molar-refractivity contribution in [2.45, 2.75) is 32.5 Å². The normalized spacial score (nSPS) is 19.9. The number of halogens is 1. The summed E-state index contributed by atoms with van der Waals surface area (Å²) >= 11 is 0. The van der Waals surface area contributed by atoms with Gasteiger partial charge in [0.2, 0.25) is 0 Å². The van der Waals surface area contributed by atoms with Crippen LogP contribution in [0.5, 0.6) is 5.75 Å². The summed E-state index contributed by atoms with van der Waals surface area (Å²) in [6.45, 7) is 6.20. The highest BCUT2D eigenvalue weighted by atomic mass is 19.1. The lowest BCUT2D eigenvalue weighted by Gasteiger charge is -2.44. The third kappa shape index (κ3) is 4.87. The lowest BCUT2D eigenvalue weighted by molar-refractivity contribution is -0.139. The van der Waals surface area contributed by atoms with Crippen molar-refractivity contribution in [1.29, 1.82) is 5.26 Å². The van der Waals surface area contributed by atoms with Crippen LogP contribution in [0, 0.1) is 17.1 Å². The van der Waals surface area contributed by atoms with Crippen molar-refractivity contribution in [1.82, 2.24) is 9.80 Å². The van der Waals surface area contributed by atoms with Crippen LogP contribution < -0.4 is 4.74 Å². The lowest BCUT2D eigenvalue weighted by atomic mass is 10.1. The van der Waals surface area contributed by atoms with Gasteiger partial charge >= 0.3 is 0 Å². The van der Waals surface area contributed by atoms with Crippen LogP contribution in [-0.4, -0.2) is 47.5 Å². The summed E-state index contributed by atoms with van der Waals surface area (Å²) < 4.78 is 18.7. The van der Waals surface area contributed by atoms with Crippen LogP contribution in [0.4, 0.5) is 4.39 Å². The number of carbonyl (C=O) groups excluding carboxylic acids is 1. The molecule has 0 saturated carbocycles. The zero-order valence-corrected chi connectivity index (χ0v) is 16.1. The SMILES string of the molecule is C[C@@H]1CN(C(=O)COc2ccc(C#N)cc2)[C@@H](C)CN1Cc1ccc(F)cc1. The van der Waals surface area contributed by atoms with Crippen molar-refractivity contribution in [2.75, 3.05) is 19.7 Å². The number of rotatable bonds is 5. The van der Waals surface area contributed by atoms with Gasteiger partial charge in [0.05, 0.1) is 11.6 Å². The van der Waals surface area contributed by atoms with Gasteiger partial charge in [0.15, 0.2) is 6.61 Å². The van der Waals surface area contributed by atoms with Gasteiger partial charge in [-0.1, -0.05) is 12.1 Å². The van der Waals surface area contributed by atoms with Crippen molar-refractivity contribution in [3.63, 3.8) is 0 Å². The van der Waals surface area contributed by atoms with Crippen molar-refractivity contribution in [2.24, 2.45) is 0 Å². The van der Waals surface area contributed by atoms with E-state index in [9.17, 15) is 9.18 Å². The first kappa shape index (κ1) is 19.8. The smallest absolute Gasteiger partial charge is 0.260 e. The zero-order chi connectivity index (χ0) is 20.1. The van der Waals surface area contributed by atoms with Crippen LogP contribution in [0.15, 0.2) is 48.5 Å². The third-order valence-electron chi connectivity index (χ3n) is 5.08. The minimum atomic E-state index is -0.233. The molecule has 0 aliphatic carbocycles. The summed E-state index contributed by atoms with van der Waals surface area (Å²) in [4.78, 5) is 16.8. The fourth-order valence-corrected chi connectivity index (χ4v) is 3.44. The molecule has 1 fully saturated rings. The quantitative estimate of drug-likeness (QED) is 0.798. The van der Waals surface area contributed by atoms with Gasteiger partial charge < -0.3 is 9.64 Å². The van der Waals surface area contributed by atoms with Crippen molar-refractivity contribution < 1.29 is 13.9 Å². The second-order valence-electron chi connectivity index (χ2n) is 7.22. The molecule has 1 saturated heterocycles. The Balaban J connectivity index is 1.54. The van der Waals surface area contributed by atoms with Gasteiger partial charge in [-0.25, -0.2) is 4.39 Å². The first-order valence-electron chi connectivity index (χ1n) is 9.37. The molecule has 0 spiro atoms. The molecule has 2 aromatic carbocycles. The molecule has 0 aromatic heterocycles. The number of amides is 1. The summed E-state index contributed by atoms with van der Waals surface area (Å²) in [5.74, 6) is 0.288. The molecule has 0 unspecified atom stereocenters. The van der Waals surface area contributed by atoms with E-state index in [1.807, 2.05) is 11.8 Å². The highest BCUT2D eigenvalue weighted by molar-refractivity contribution is 5.78. The predicted octanol–water partition coefficient (Wildman–Crippen LogP) is 3.20. The molecule has 1 aliphatic heterocycles. The van der Waals surface area contributed by atoms with Crippen LogP contribution in [0.25, 0.3) is 0 Å². The maximum atomic E-state index is 13.1. The van der Waals surface area contributed by atoms with E-state index in [1.165, 1.54) is 12.1 Å². The summed E-state index contributed by atoms with van der Waals surface area (Å²) in [6, 6.07) is 15.6. The molecule has 2 aromatic rings. The first-order valence-corrected chi connectivity index (χ1v) is 9.37. The van der Waals surface area contributed by atoms with Crippen LogP contribution in [0.3, 0.4) is 0 Å². The van der Waals surface area contributed by atoms with Gasteiger partial charge in [-0.05, 0) is 55.8 Å². The van der Waals surface area contributed by atoms with E-state index in [4.69, 9.17) is 10.00 Å². The molecule has 1 heterocycles. The zero-order valence-electron chi connectivity index (χ0n) is 16.1. The Morgan fingerprint density at radius 1 is 1.11 bits per heavy atom. The Hall–Kier alpha value is -2.91.